The van der Waals surface area contributed by atoms with E-state index in [1.165, 1.54) is 36.6 Å². The van der Waals surface area contributed by atoms with Crippen LogP contribution in [0.25, 0.3) is 10.9 Å². The highest BCUT2D eigenvalue weighted by molar-refractivity contribution is 5.78. The molecule has 1 aliphatic carbocycles. The third-order valence-corrected chi connectivity index (χ3v) is 4.66. The zero-order chi connectivity index (χ0) is 13.1. The van der Waals surface area contributed by atoms with Gasteiger partial charge in [0.2, 0.25) is 0 Å². The van der Waals surface area contributed by atoms with Crippen molar-refractivity contribution in [2.24, 2.45) is 5.41 Å². The summed E-state index contributed by atoms with van der Waals surface area (Å²) in [5.41, 5.74) is 3.03. The Morgan fingerprint density at radius 3 is 2.89 bits per heavy atom. The maximum absolute atomic E-state index is 4.36. The Hall–Kier alpha value is -1.41. The molecule has 1 aliphatic rings. The second kappa shape index (κ2) is 5.30. The van der Waals surface area contributed by atoms with Gasteiger partial charge in [-0.05, 0) is 48.4 Å². The molecule has 0 saturated heterocycles. The Morgan fingerprint density at radius 2 is 2.16 bits per heavy atom. The van der Waals surface area contributed by atoms with Gasteiger partial charge in [-0.25, -0.2) is 0 Å². The number of hydrogen-bond donors (Lipinski definition) is 1. The van der Waals surface area contributed by atoms with E-state index >= 15 is 0 Å². The molecule has 1 fully saturated rings. The second-order valence-corrected chi connectivity index (χ2v) is 5.84. The molecule has 100 valence electrons. The Morgan fingerprint density at radius 1 is 1.26 bits per heavy atom. The van der Waals surface area contributed by atoms with Crippen molar-refractivity contribution < 1.29 is 0 Å². The van der Waals surface area contributed by atoms with E-state index in [9.17, 15) is 0 Å². The minimum absolute atomic E-state index is 0.596. The number of rotatable bonds is 5. The third kappa shape index (κ3) is 2.64. The van der Waals surface area contributed by atoms with Crippen LogP contribution in [0.5, 0.6) is 0 Å². The van der Waals surface area contributed by atoms with Crippen molar-refractivity contribution in [3.8, 4) is 0 Å². The fraction of sp³-hybridized carbons (Fsp3) is 0.471. The van der Waals surface area contributed by atoms with Crippen molar-refractivity contribution in [1.29, 1.82) is 0 Å². The molecule has 0 amide bonds. The Balaban J connectivity index is 1.62. The average Bonchev–Trinajstić information content (AvgIpc) is 2.42. The number of nitrogens with zero attached hydrogens (tertiary/aromatic N) is 1. The molecular formula is C17H22N2. The predicted molar refractivity (Wildman–Crippen MR) is 80.0 cm³/mol. The molecule has 3 rings (SSSR count). The normalized spacial score (nSPS) is 17.3. The van der Waals surface area contributed by atoms with E-state index < -0.39 is 0 Å². The summed E-state index contributed by atoms with van der Waals surface area (Å²) in [6.45, 7) is 4.45. The summed E-state index contributed by atoms with van der Waals surface area (Å²) < 4.78 is 0. The molecule has 1 saturated carbocycles. The minimum Gasteiger partial charge on any atom is -0.312 e. The minimum atomic E-state index is 0.596. The first kappa shape index (κ1) is 12.6. The highest BCUT2D eigenvalue weighted by Crippen LogP contribution is 2.43. The zero-order valence-corrected chi connectivity index (χ0v) is 11.7. The molecule has 0 unspecified atom stereocenters. The van der Waals surface area contributed by atoms with E-state index in [1.807, 2.05) is 12.3 Å². The van der Waals surface area contributed by atoms with Crippen molar-refractivity contribution in [1.82, 2.24) is 10.3 Å². The standard InChI is InChI=1S/C17H22N2/c1-2-17(8-4-9-17)13-18-12-14-6-7-16-15(11-14)5-3-10-19-16/h3,5-7,10-11,18H,2,4,8-9,12-13H2,1H3. The van der Waals surface area contributed by atoms with Gasteiger partial charge in [0.25, 0.3) is 0 Å². The molecule has 2 heteroatoms. The molecule has 2 nitrogen and oxygen atoms in total. The van der Waals surface area contributed by atoms with Crippen LogP contribution in [-0.4, -0.2) is 11.5 Å². The molecule has 1 aromatic carbocycles. The SMILES string of the molecule is CCC1(CNCc2ccc3ncccc3c2)CCC1. The summed E-state index contributed by atoms with van der Waals surface area (Å²) in [7, 11) is 0. The van der Waals surface area contributed by atoms with Crippen LogP contribution in [0.2, 0.25) is 0 Å². The van der Waals surface area contributed by atoms with Crippen LogP contribution < -0.4 is 5.32 Å². The van der Waals surface area contributed by atoms with Crippen LogP contribution in [0.4, 0.5) is 0 Å². The van der Waals surface area contributed by atoms with Crippen molar-refractivity contribution in [3.63, 3.8) is 0 Å². The average molecular weight is 254 g/mol. The number of fused-ring (bicyclic) bond motifs is 1. The van der Waals surface area contributed by atoms with Gasteiger partial charge in [-0.2, -0.15) is 0 Å². The quantitative estimate of drug-likeness (QED) is 0.875. The number of benzene rings is 1. The summed E-state index contributed by atoms with van der Waals surface area (Å²) in [4.78, 5) is 4.36. The summed E-state index contributed by atoms with van der Waals surface area (Å²) >= 11 is 0. The van der Waals surface area contributed by atoms with Crippen molar-refractivity contribution in [2.45, 2.75) is 39.2 Å². The molecule has 1 heterocycles. The second-order valence-electron chi connectivity index (χ2n) is 5.84. The molecule has 0 aliphatic heterocycles. The van der Waals surface area contributed by atoms with Gasteiger partial charge in [-0.3, -0.25) is 4.98 Å². The van der Waals surface area contributed by atoms with Crippen molar-refractivity contribution >= 4 is 10.9 Å². The highest BCUT2D eigenvalue weighted by atomic mass is 14.9. The van der Waals surface area contributed by atoms with Gasteiger partial charge >= 0.3 is 0 Å². The molecule has 0 bridgehead atoms. The van der Waals surface area contributed by atoms with Crippen LogP contribution >= 0.6 is 0 Å². The number of hydrogen-bond acceptors (Lipinski definition) is 2. The van der Waals surface area contributed by atoms with E-state index in [4.69, 9.17) is 0 Å². The van der Waals surface area contributed by atoms with Gasteiger partial charge in [0.1, 0.15) is 0 Å². The van der Waals surface area contributed by atoms with Gasteiger partial charge in [0, 0.05) is 24.7 Å². The van der Waals surface area contributed by atoms with Crippen LogP contribution in [0.3, 0.4) is 0 Å². The maximum atomic E-state index is 4.36. The fourth-order valence-corrected chi connectivity index (χ4v) is 3.04. The monoisotopic (exact) mass is 254 g/mol. The smallest absolute Gasteiger partial charge is 0.0702 e. The molecular weight excluding hydrogens is 232 g/mol. The van der Waals surface area contributed by atoms with Crippen LogP contribution in [0, 0.1) is 5.41 Å². The van der Waals surface area contributed by atoms with E-state index in [-0.39, 0.29) is 0 Å². The molecule has 1 N–H and O–H groups in total. The molecule has 0 radical (unpaired) electrons. The zero-order valence-electron chi connectivity index (χ0n) is 11.7. The van der Waals surface area contributed by atoms with E-state index in [0.717, 1.165) is 18.6 Å². The topological polar surface area (TPSA) is 24.9 Å². The Kier molecular flexibility index (Phi) is 3.52. The van der Waals surface area contributed by atoms with Gasteiger partial charge in [0.05, 0.1) is 5.52 Å². The number of aromatic nitrogens is 1. The lowest BCUT2D eigenvalue weighted by Crippen LogP contribution is -2.39. The van der Waals surface area contributed by atoms with Gasteiger partial charge in [-0.1, -0.05) is 25.5 Å². The van der Waals surface area contributed by atoms with Crippen LogP contribution in [0.1, 0.15) is 38.2 Å². The van der Waals surface area contributed by atoms with Crippen LogP contribution in [-0.2, 0) is 6.54 Å². The summed E-state index contributed by atoms with van der Waals surface area (Å²) in [5, 5.41) is 4.87. The third-order valence-electron chi connectivity index (χ3n) is 4.66. The van der Waals surface area contributed by atoms with E-state index in [0.29, 0.717) is 5.41 Å². The van der Waals surface area contributed by atoms with Crippen LogP contribution in [0.15, 0.2) is 36.5 Å². The number of pyridine rings is 1. The van der Waals surface area contributed by atoms with Crippen molar-refractivity contribution in [2.75, 3.05) is 6.54 Å². The fourth-order valence-electron chi connectivity index (χ4n) is 3.04. The molecule has 19 heavy (non-hydrogen) atoms. The lowest BCUT2D eigenvalue weighted by Gasteiger charge is -2.41. The molecule has 2 aromatic rings. The van der Waals surface area contributed by atoms with Gasteiger partial charge < -0.3 is 5.32 Å². The molecule has 1 aromatic heterocycles. The number of nitrogens with one attached hydrogen (secondary N) is 1. The Bertz CT molecular complexity index is 552. The largest absolute Gasteiger partial charge is 0.312 e. The first-order valence-electron chi connectivity index (χ1n) is 7.36. The van der Waals surface area contributed by atoms with E-state index in [1.54, 1.807) is 0 Å². The van der Waals surface area contributed by atoms with Crippen molar-refractivity contribution in [3.05, 3.63) is 42.1 Å². The maximum Gasteiger partial charge on any atom is 0.0702 e. The van der Waals surface area contributed by atoms with Gasteiger partial charge in [-0.15, -0.1) is 0 Å². The highest BCUT2D eigenvalue weighted by Gasteiger charge is 2.34. The Labute approximate surface area is 115 Å². The molecule has 0 atom stereocenters. The summed E-state index contributed by atoms with van der Waals surface area (Å²) in [6, 6.07) is 10.7. The predicted octanol–water partition coefficient (Wildman–Crippen LogP) is 3.90. The first-order chi connectivity index (χ1) is 9.31. The first-order valence-corrected chi connectivity index (χ1v) is 7.36. The lowest BCUT2D eigenvalue weighted by molar-refractivity contribution is 0.124. The van der Waals surface area contributed by atoms with Gasteiger partial charge in [0.15, 0.2) is 0 Å². The lowest BCUT2D eigenvalue weighted by atomic mass is 9.67. The van der Waals surface area contributed by atoms with E-state index in [2.05, 4.69) is 41.5 Å². The summed E-state index contributed by atoms with van der Waals surface area (Å²) in [6.07, 6.45) is 7.37. The molecule has 0 spiro atoms. The summed E-state index contributed by atoms with van der Waals surface area (Å²) in [5.74, 6) is 0.